The molecule has 3 heteroatoms. The molecule has 2 nitrogen and oxygen atoms in total. The molecule has 0 aliphatic heterocycles. The van der Waals surface area contributed by atoms with Crippen molar-refractivity contribution in [2.75, 3.05) is 20.1 Å². The molecule has 0 fully saturated rings. The van der Waals surface area contributed by atoms with Crippen molar-refractivity contribution in [3.8, 4) is 11.5 Å². The van der Waals surface area contributed by atoms with Gasteiger partial charge in [0.25, 0.3) is 0 Å². The highest BCUT2D eigenvalue weighted by Crippen LogP contribution is 2.26. The summed E-state index contributed by atoms with van der Waals surface area (Å²) in [6.45, 7) is 1.98. The minimum absolute atomic E-state index is 0.514. The number of benzene rings is 1. The molecular formula is C12H15ClO2. The number of alkyl halides is 1. The van der Waals surface area contributed by atoms with Gasteiger partial charge in [0.15, 0.2) is 0 Å². The monoisotopic (exact) mass is 226 g/mol. The molecule has 0 saturated carbocycles. The van der Waals surface area contributed by atoms with E-state index >= 15 is 0 Å². The van der Waals surface area contributed by atoms with Gasteiger partial charge in [-0.1, -0.05) is 11.6 Å². The summed E-state index contributed by atoms with van der Waals surface area (Å²) in [6.07, 6.45) is 1.99. The predicted octanol–water partition coefficient (Wildman–Crippen LogP) is 3.35. The van der Waals surface area contributed by atoms with Crippen molar-refractivity contribution in [3.05, 3.63) is 29.3 Å². The third kappa shape index (κ3) is 3.17. The van der Waals surface area contributed by atoms with E-state index in [1.165, 1.54) is 0 Å². The van der Waals surface area contributed by atoms with Gasteiger partial charge in [-0.3, -0.25) is 0 Å². The van der Waals surface area contributed by atoms with Gasteiger partial charge in [-0.15, -0.1) is 11.6 Å². The van der Waals surface area contributed by atoms with Gasteiger partial charge in [-0.05, 0) is 25.1 Å². The molecule has 0 amide bonds. The molecule has 15 heavy (non-hydrogen) atoms. The van der Waals surface area contributed by atoms with Crippen LogP contribution in [-0.2, 0) is 0 Å². The molecule has 0 spiro atoms. The van der Waals surface area contributed by atoms with Gasteiger partial charge in [-0.2, -0.15) is 0 Å². The molecule has 0 aromatic heterocycles. The minimum atomic E-state index is 0.514. The molecule has 1 aromatic carbocycles. The van der Waals surface area contributed by atoms with Crippen LogP contribution in [0.25, 0.3) is 6.08 Å². The maximum Gasteiger partial charge on any atom is 0.126 e. The number of allylic oxidation sites excluding steroid dienone is 1. The first-order valence-electron chi connectivity index (χ1n) is 4.66. The Balaban J connectivity index is 3.12. The van der Waals surface area contributed by atoms with Gasteiger partial charge >= 0.3 is 0 Å². The summed E-state index contributed by atoms with van der Waals surface area (Å²) in [7, 11) is 3.29. The second-order valence-electron chi connectivity index (χ2n) is 3.23. The van der Waals surface area contributed by atoms with Crippen LogP contribution in [0.1, 0.15) is 12.5 Å². The minimum Gasteiger partial charge on any atom is -0.497 e. The lowest BCUT2D eigenvalue weighted by Gasteiger charge is -2.07. The zero-order chi connectivity index (χ0) is 11.3. The van der Waals surface area contributed by atoms with Crippen molar-refractivity contribution in [3.63, 3.8) is 0 Å². The van der Waals surface area contributed by atoms with E-state index in [2.05, 4.69) is 0 Å². The quantitative estimate of drug-likeness (QED) is 0.734. The van der Waals surface area contributed by atoms with Crippen molar-refractivity contribution in [1.29, 1.82) is 0 Å². The Bertz CT molecular complexity index is 359. The van der Waals surface area contributed by atoms with Crippen molar-refractivity contribution >= 4 is 17.7 Å². The van der Waals surface area contributed by atoms with Gasteiger partial charge in [0.2, 0.25) is 0 Å². The van der Waals surface area contributed by atoms with E-state index in [1.54, 1.807) is 14.2 Å². The first kappa shape index (κ1) is 11.9. The Morgan fingerprint density at radius 3 is 2.60 bits per heavy atom. The molecular weight excluding hydrogens is 212 g/mol. The Labute approximate surface area is 95.5 Å². The summed E-state index contributed by atoms with van der Waals surface area (Å²) in [4.78, 5) is 0. The number of rotatable bonds is 4. The Hall–Kier alpha value is -1.15. The molecule has 0 heterocycles. The smallest absolute Gasteiger partial charge is 0.126 e. The Kier molecular flexibility index (Phi) is 4.50. The first-order chi connectivity index (χ1) is 7.21. The highest BCUT2D eigenvalue weighted by atomic mass is 35.5. The average molecular weight is 227 g/mol. The van der Waals surface area contributed by atoms with Crippen LogP contribution in [0.2, 0.25) is 0 Å². The molecule has 0 saturated heterocycles. The normalized spacial score (nSPS) is 11.3. The van der Waals surface area contributed by atoms with Crippen molar-refractivity contribution in [2.45, 2.75) is 6.92 Å². The number of hydrogen-bond donors (Lipinski definition) is 0. The SMILES string of the molecule is COc1ccc(OC)c(C=C(C)CCl)c1. The third-order valence-corrected chi connectivity index (χ3v) is 2.47. The summed E-state index contributed by atoms with van der Waals surface area (Å²) in [6, 6.07) is 5.67. The summed E-state index contributed by atoms with van der Waals surface area (Å²) in [5, 5.41) is 0. The molecule has 0 N–H and O–H groups in total. The summed E-state index contributed by atoms with van der Waals surface area (Å²) >= 11 is 5.73. The fourth-order valence-corrected chi connectivity index (χ4v) is 1.33. The van der Waals surface area contributed by atoms with Crippen molar-refractivity contribution in [1.82, 2.24) is 0 Å². The average Bonchev–Trinajstić information content (AvgIpc) is 2.28. The summed E-state index contributed by atoms with van der Waals surface area (Å²) in [5.74, 6) is 2.14. The Morgan fingerprint density at radius 1 is 1.33 bits per heavy atom. The van der Waals surface area contributed by atoms with Gasteiger partial charge in [0, 0.05) is 11.4 Å². The number of hydrogen-bond acceptors (Lipinski definition) is 2. The van der Waals surface area contributed by atoms with E-state index < -0.39 is 0 Å². The standard InChI is InChI=1S/C12H15ClO2/c1-9(8-13)6-10-7-11(14-2)4-5-12(10)15-3/h4-7H,8H2,1-3H3. The predicted molar refractivity (Wildman–Crippen MR) is 63.9 cm³/mol. The third-order valence-electron chi connectivity index (χ3n) is 2.05. The molecule has 0 atom stereocenters. The molecule has 0 radical (unpaired) electrons. The molecule has 82 valence electrons. The van der Waals surface area contributed by atoms with Crippen molar-refractivity contribution < 1.29 is 9.47 Å². The maximum absolute atomic E-state index is 5.73. The molecule has 1 rings (SSSR count). The fourth-order valence-electron chi connectivity index (χ4n) is 1.26. The van der Waals surface area contributed by atoms with Crippen molar-refractivity contribution in [2.24, 2.45) is 0 Å². The first-order valence-corrected chi connectivity index (χ1v) is 5.20. The lowest BCUT2D eigenvalue weighted by molar-refractivity contribution is 0.402. The zero-order valence-electron chi connectivity index (χ0n) is 9.21. The van der Waals surface area contributed by atoms with Crippen LogP contribution in [0.4, 0.5) is 0 Å². The maximum atomic E-state index is 5.73. The number of halogens is 1. The van der Waals surface area contributed by atoms with Gasteiger partial charge in [-0.25, -0.2) is 0 Å². The topological polar surface area (TPSA) is 18.5 Å². The van der Waals surface area contributed by atoms with E-state index in [-0.39, 0.29) is 0 Å². The molecule has 0 aliphatic carbocycles. The van der Waals surface area contributed by atoms with E-state index in [9.17, 15) is 0 Å². The lowest BCUT2D eigenvalue weighted by atomic mass is 10.1. The second-order valence-corrected chi connectivity index (χ2v) is 3.50. The second kappa shape index (κ2) is 5.66. The van der Waals surface area contributed by atoms with Crippen LogP contribution in [0.3, 0.4) is 0 Å². The van der Waals surface area contributed by atoms with Crippen LogP contribution < -0.4 is 9.47 Å². The largest absolute Gasteiger partial charge is 0.497 e. The molecule has 1 aromatic rings. The lowest BCUT2D eigenvalue weighted by Crippen LogP contribution is -1.90. The molecule has 0 unspecified atom stereocenters. The van der Waals surface area contributed by atoms with E-state index in [0.717, 1.165) is 22.6 Å². The molecule has 0 aliphatic rings. The van der Waals surface area contributed by atoms with Gasteiger partial charge in [0.05, 0.1) is 14.2 Å². The van der Waals surface area contributed by atoms with E-state index in [1.807, 2.05) is 31.2 Å². The van der Waals surface area contributed by atoms with Crippen LogP contribution in [0.15, 0.2) is 23.8 Å². The Morgan fingerprint density at radius 2 is 2.07 bits per heavy atom. The van der Waals surface area contributed by atoms with Crippen LogP contribution >= 0.6 is 11.6 Å². The summed E-state index contributed by atoms with van der Waals surface area (Å²) < 4.78 is 10.4. The number of methoxy groups -OCH3 is 2. The fraction of sp³-hybridized carbons (Fsp3) is 0.333. The van der Waals surface area contributed by atoms with Crippen LogP contribution in [0, 0.1) is 0 Å². The highest BCUT2D eigenvalue weighted by Gasteiger charge is 2.02. The summed E-state index contributed by atoms with van der Waals surface area (Å²) in [5.41, 5.74) is 2.07. The zero-order valence-corrected chi connectivity index (χ0v) is 9.97. The van der Waals surface area contributed by atoms with Gasteiger partial charge in [0.1, 0.15) is 11.5 Å². The van der Waals surface area contributed by atoms with Gasteiger partial charge < -0.3 is 9.47 Å². The molecule has 0 bridgehead atoms. The number of ether oxygens (including phenoxy) is 2. The highest BCUT2D eigenvalue weighted by molar-refractivity contribution is 6.19. The van der Waals surface area contributed by atoms with E-state index in [4.69, 9.17) is 21.1 Å². The van der Waals surface area contributed by atoms with Crippen LogP contribution in [0.5, 0.6) is 11.5 Å². The van der Waals surface area contributed by atoms with E-state index in [0.29, 0.717) is 5.88 Å². The van der Waals surface area contributed by atoms with Crippen LogP contribution in [-0.4, -0.2) is 20.1 Å².